The number of ether oxygens (including phenoxy) is 7. The van der Waals surface area contributed by atoms with Crippen LogP contribution < -0.4 is 49.5 Å². The van der Waals surface area contributed by atoms with Crippen LogP contribution in [0.25, 0.3) is 0 Å². The quantitative estimate of drug-likeness (QED) is 0.0164. The Kier molecular flexibility index (Phi) is 112. The molecule has 0 fully saturated rings. The largest absolute Gasteiger partial charge is 0.481 e. The number of aliphatic carboxylic acids is 9. The van der Waals surface area contributed by atoms with Crippen molar-refractivity contribution >= 4 is 96.3 Å². The summed E-state index contributed by atoms with van der Waals surface area (Å²) in [6.07, 6.45) is 38.2. The van der Waals surface area contributed by atoms with Crippen molar-refractivity contribution in [3.8, 4) is 0 Å². The van der Waals surface area contributed by atoms with Crippen LogP contribution in [0.15, 0.2) is 30.3 Å². The fraction of sp³-hybridized carbons (Fsp3) is 0.794. The number of carboxylic acids is 9. The van der Waals surface area contributed by atoms with E-state index in [0.29, 0.717) is 84.3 Å². The third kappa shape index (κ3) is 158. The summed E-state index contributed by atoms with van der Waals surface area (Å²) in [6.45, 7) is 35.3. The van der Waals surface area contributed by atoms with Gasteiger partial charge in [0.25, 0.3) is 0 Å². The van der Waals surface area contributed by atoms with Crippen LogP contribution >= 0.6 is 0 Å². The van der Waals surface area contributed by atoms with E-state index >= 15 is 0 Å². The van der Waals surface area contributed by atoms with Gasteiger partial charge < -0.3 is 134 Å². The van der Waals surface area contributed by atoms with E-state index in [2.05, 4.69) is 31.3 Å². The van der Waals surface area contributed by atoms with Crippen molar-refractivity contribution in [2.45, 2.75) is 472 Å². The molecule has 0 aliphatic heterocycles. The van der Waals surface area contributed by atoms with Crippen LogP contribution in [0.3, 0.4) is 0 Å². The van der Waals surface area contributed by atoms with Gasteiger partial charge >= 0.3 is 96.3 Å². The molecular formula is C107H204N10O32. The minimum Gasteiger partial charge on any atom is -0.481 e. The molecule has 1 atom stereocenters. The zero-order valence-corrected chi connectivity index (χ0v) is 94.3. The number of hydrogen-bond acceptors (Lipinski definition) is 27. The van der Waals surface area contributed by atoms with Gasteiger partial charge in [0, 0.05) is 111 Å². The maximum atomic E-state index is 11.4. The minimum atomic E-state index is -0.872. The van der Waals surface area contributed by atoms with Crippen LogP contribution in [-0.4, -0.2) is 255 Å². The van der Waals surface area contributed by atoms with Crippen LogP contribution in [0.2, 0.25) is 0 Å². The SMILES string of the molecule is CC(C)(C)OC(=O)NCCCCCC(=O)O.CC(C)(C)OC(=O)NCCCCCCCC(=O)O.CC(C)(C)OC(=O)NCCCCCCCCC(=O)O.CC(OC(=O)NCCCC(=O)O)c1ccccc1.CCC(C)(C)OC(=O)NCCCCCCCC(=O)O.CN(CCCC(=O)O)C(=O)OC(C)(C)C.COC(=O)CCCCCCCN.NCCCCCC(=O)O.NCCCCCCCC(=O)O.NCCCCCCCCC(=O)O. The highest BCUT2D eigenvalue weighted by atomic mass is 16.6. The summed E-state index contributed by atoms with van der Waals surface area (Å²) < 4.78 is 35.3. The summed E-state index contributed by atoms with van der Waals surface area (Å²) in [4.78, 5) is 172. The Hall–Kier alpha value is -10.6. The number of alkyl carbamates (subject to hydrolysis) is 5. The van der Waals surface area contributed by atoms with E-state index < -0.39 is 100 Å². The van der Waals surface area contributed by atoms with E-state index in [1.54, 1.807) is 55.5 Å². The number of benzene rings is 1. The molecule has 42 nitrogen and oxygen atoms in total. The number of nitrogens with zero attached hydrogens (tertiary/aromatic N) is 1. The lowest BCUT2D eigenvalue weighted by Gasteiger charge is -2.24. The van der Waals surface area contributed by atoms with Crippen molar-refractivity contribution in [1.82, 2.24) is 31.5 Å². The van der Waals surface area contributed by atoms with Gasteiger partial charge in [0.15, 0.2) is 0 Å². The lowest BCUT2D eigenvalue weighted by atomic mass is 10.1. The number of methoxy groups -OCH3 is 1. The Balaban J connectivity index is -0.000000210. The fourth-order valence-corrected chi connectivity index (χ4v) is 11.7. The second-order valence-electron chi connectivity index (χ2n) is 39.9. The van der Waals surface area contributed by atoms with E-state index in [1.807, 2.05) is 92.6 Å². The van der Waals surface area contributed by atoms with Crippen molar-refractivity contribution in [1.29, 1.82) is 0 Å². The predicted molar refractivity (Wildman–Crippen MR) is 578 cm³/mol. The maximum absolute atomic E-state index is 11.4. The zero-order valence-electron chi connectivity index (χ0n) is 94.3. The van der Waals surface area contributed by atoms with Crippen molar-refractivity contribution in [3.05, 3.63) is 35.9 Å². The Morgan fingerprint density at radius 3 is 0.738 bits per heavy atom. The highest BCUT2D eigenvalue weighted by Gasteiger charge is 2.23. The molecule has 874 valence electrons. The molecule has 1 unspecified atom stereocenters. The van der Waals surface area contributed by atoms with Crippen molar-refractivity contribution in [2.24, 2.45) is 22.9 Å². The highest BCUT2D eigenvalue weighted by Crippen LogP contribution is 2.19. The van der Waals surface area contributed by atoms with Gasteiger partial charge in [0.05, 0.1) is 7.11 Å². The van der Waals surface area contributed by atoms with Crippen molar-refractivity contribution < 1.29 is 156 Å². The predicted octanol–water partition coefficient (Wildman–Crippen LogP) is 21.0. The number of nitrogens with one attached hydrogen (secondary N) is 5. The summed E-state index contributed by atoms with van der Waals surface area (Å²) >= 11 is 0. The van der Waals surface area contributed by atoms with Gasteiger partial charge in [0.2, 0.25) is 0 Å². The first-order chi connectivity index (χ1) is 69.7. The molecule has 22 N–H and O–H groups in total. The molecule has 0 bridgehead atoms. The highest BCUT2D eigenvalue weighted by molar-refractivity contribution is 5.72. The zero-order chi connectivity index (χ0) is 116. The Morgan fingerprint density at radius 2 is 0.490 bits per heavy atom. The summed E-state index contributed by atoms with van der Waals surface area (Å²) in [7, 11) is 3.02. The monoisotopic (exact) mass is 2140 g/mol. The molecule has 0 aromatic heterocycles. The van der Waals surface area contributed by atoms with Gasteiger partial charge in [0.1, 0.15) is 34.1 Å². The van der Waals surface area contributed by atoms with Crippen LogP contribution in [0, 0.1) is 0 Å². The first kappa shape index (κ1) is 156. The van der Waals surface area contributed by atoms with E-state index in [0.717, 1.165) is 244 Å². The molecule has 149 heavy (non-hydrogen) atoms. The second kappa shape index (κ2) is 107. The van der Waals surface area contributed by atoms with Crippen molar-refractivity contribution in [3.63, 3.8) is 0 Å². The smallest absolute Gasteiger partial charge is 0.410 e. The molecule has 1 aromatic rings. The summed E-state index contributed by atoms with van der Waals surface area (Å²) in [5.41, 5.74) is 19.8. The van der Waals surface area contributed by atoms with E-state index in [-0.39, 0.29) is 75.3 Å². The summed E-state index contributed by atoms with van der Waals surface area (Å²) in [5, 5.41) is 88.7. The van der Waals surface area contributed by atoms with Gasteiger partial charge in [-0.05, 0) is 258 Å². The number of hydrogen-bond donors (Lipinski definition) is 18. The molecule has 6 amide bonds. The molecule has 0 heterocycles. The lowest BCUT2D eigenvalue weighted by molar-refractivity contribution is -0.141. The topological polar surface area (TPSA) is 687 Å². The van der Waals surface area contributed by atoms with Crippen LogP contribution in [0.5, 0.6) is 0 Å². The maximum Gasteiger partial charge on any atom is 0.410 e. The fourth-order valence-electron chi connectivity index (χ4n) is 11.7. The van der Waals surface area contributed by atoms with Crippen molar-refractivity contribution in [2.75, 3.05) is 79.6 Å². The number of carbonyl (C=O) groups is 16. The number of carboxylic acid groups (broad SMARTS) is 9. The molecule has 0 saturated heterocycles. The van der Waals surface area contributed by atoms with E-state index in [4.69, 9.17) is 97.3 Å². The van der Waals surface area contributed by atoms with E-state index in [1.165, 1.54) is 37.7 Å². The molecular weight excluding hydrogens is 1940 g/mol. The molecule has 1 aromatic carbocycles. The second-order valence-corrected chi connectivity index (χ2v) is 39.9. The van der Waals surface area contributed by atoms with Gasteiger partial charge in [-0.1, -0.05) is 179 Å². The number of esters is 1. The normalized spacial score (nSPS) is 10.8. The average Bonchev–Trinajstić information content (AvgIpc) is 0.905. The molecule has 0 saturated carbocycles. The molecule has 1 rings (SSSR count). The first-order valence-corrected chi connectivity index (χ1v) is 53.4. The third-order valence-electron chi connectivity index (χ3n) is 19.8. The number of rotatable bonds is 70. The third-order valence-corrected chi connectivity index (χ3v) is 19.8. The number of unbranched alkanes of at least 4 members (excludes halogenated alkanes) is 30. The molecule has 0 aliphatic rings. The molecule has 42 heteroatoms. The summed E-state index contributed by atoms with van der Waals surface area (Å²) in [5.74, 6) is -6.89. The number of nitrogens with two attached hydrogens (primary N) is 4. The van der Waals surface area contributed by atoms with Gasteiger partial charge in [-0.25, -0.2) is 28.8 Å². The standard InChI is InChI=1S/2C14H27NO4.C13H17NO4.C13H25NO4.C11H21NO4.C10H19NO4.2C9H19NO2.C8H17NO2.C6H13NO2/c1-14(2,3)19-13(18)15-11-9-7-5-4-6-8-10-12(16)17;1-4-14(2,3)19-13(18)15-11-9-7-5-6-8-10-12(16)17;1-10(11-6-3-2-4-7-11)18-13(17)14-9-5-8-12(15)16;1-13(2,3)18-12(17)14-10-8-6-4-5-7-9-11(15)16;1-11(2,3)16-10(15)12-8-6-4-5-7-9(13)14;1-10(2,3)15-9(14)11(4)7-5-6-8(12)13;1-12-9(11)7-5-3-2-4-6-8-10;10-8-6-4-2-1-3-5-7-9(11)12;9-7-5-3-1-2-4-6-8(10)11;7-5-3-1-2-4-6(8)9/h2*4-11H2,1-3H3,(H,15,18)(H,16,17);2-4,6-7,10H,5,8-9H2,1H3,(H,14,17)(H,15,16);4-10H2,1-3H3,(H,14,17)(H,15,16);4-8H2,1-3H3,(H,12,15)(H,13,14);5-7H2,1-4H3,(H,12,13);2-8,10H2,1H3;1-8,10H2,(H,11,12);1-7,9H2,(H,10,11);1-5,7H2,(H,8,9). The van der Waals surface area contributed by atoms with Gasteiger partial charge in [-0.15, -0.1) is 0 Å². The Bertz CT molecular complexity index is 3520. The molecule has 0 aliphatic carbocycles. The summed E-state index contributed by atoms with van der Waals surface area (Å²) in [6, 6.07) is 9.40. The van der Waals surface area contributed by atoms with Gasteiger partial charge in [-0.3, -0.25) is 47.9 Å². The average molecular weight is 2140 g/mol. The van der Waals surface area contributed by atoms with Crippen LogP contribution in [0.4, 0.5) is 28.8 Å². The number of carbonyl (C=O) groups excluding carboxylic acids is 7. The molecule has 0 spiro atoms. The Morgan fingerprint density at radius 1 is 0.282 bits per heavy atom. The lowest BCUT2D eigenvalue weighted by Crippen LogP contribution is -2.34. The van der Waals surface area contributed by atoms with Gasteiger partial charge in [-0.2, -0.15) is 0 Å². The first-order valence-electron chi connectivity index (χ1n) is 53.4. The minimum absolute atomic E-state index is 0.0362. The number of amides is 6. The Labute approximate surface area is 890 Å². The molecule has 0 radical (unpaired) electrons. The van der Waals surface area contributed by atoms with Crippen LogP contribution in [-0.2, 0) is 81.1 Å². The van der Waals surface area contributed by atoms with E-state index in [9.17, 15) is 76.7 Å². The van der Waals surface area contributed by atoms with Crippen LogP contribution in [0.1, 0.15) is 450 Å².